The summed E-state index contributed by atoms with van der Waals surface area (Å²) in [6.45, 7) is 3.26. The van der Waals surface area contributed by atoms with E-state index in [4.69, 9.17) is 4.74 Å². The molecule has 4 heteroatoms. The van der Waals surface area contributed by atoms with Crippen molar-refractivity contribution in [3.8, 4) is 5.75 Å². The highest BCUT2D eigenvalue weighted by molar-refractivity contribution is 7.98. The topological polar surface area (TPSA) is 41.5 Å². The normalized spacial score (nSPS) is 21.9. The Balaban J connectivity index is 2.04. The maximum atomic E-state index is 10.2. The average molecular weight is 281 g/mol. The number of fused-ring (bicyclic) bond motifs is 1. The summed E-state index contributed by atoms with van der Waals surface area (Å²) in [5.74, 6) is 1.72. The first-order valence-electron chi connectivity index (χ1n) is 6.79. The van der Waals surface area contributed by atoms with E-state index in [0.29, 0.717) is 6.54 Å². The van der Waals surface area contributed by atoms with Gasteiger partial charge in [0, 0.05) is 23.9 Å². The smallest absolute Gasteiger partial charge is 0.124 e. The molecule has 0 aromatic heterocycles. The Labute approximate surface area is 119 Å². The minimum Gasteiger partial charge on any atom is -0.493 e. The van der Waals surface area contributed by atoms with Crippen LogP contribution >= 0.6 is 11.8 Å². The van der Waals surface area contributed by atoms with Crippen molar-refractivity contribution in [3.05, 3.63) is 29.8 Å². The molecule has 0 bridgehead atoms. The van der Waals surface area contributed by atoms with E-state index in [2.05, 4.69) is 11.4 Å². The Morgan fingerprint density at radius 2 is 2.26 bits per heavy atom. The van der Waals surface area contributed by atoms with Gasteiger partial charge in [0.2, 0.25) is 0 Å². The molecule has 1 heterocycles. The van der Waals surface area contributed by atoms with E-state index in [1.165, 1.54) is 5.56 Å². The number of nitrogens with one attached hydrogen (secondary N) is 1. The lowest BCUT2D eigenvalue weighted by molar-refractivity contribution is 0.0810. The SMILES string of the molecule is CSCC(C)(O)CNC1CCCOc2ccccc21. The van der Waals surface area contributed by atoms with Gasteiger partial charge in [-0.05, 0) is 32.1 Å². The molecule has 1 aromatic rings. The van der Waals surface area contributed by atoms with Crippen LogP contribution in [0.1, 0.15) is 31.4 Å². The number of rotatable bonds is 5. The Bertz CT molecular complexity index is 409. The fraction of sp³-hybridized carbons (Fsp3) is 0.600. The molecule has 0 radical (unpaired) electrons. The van der Waals surface area contributed by atoms with E-state index in [9.17, 15) is 5.11 Å². The summed E-state index contributed by atoms with van der Waals surface area (Å²) in [4.78, 5) is 0. The lowest BCUT2D eigenvalue weighted by Crippen LogP contribution is -2.41. The van der Waals surface area contributed by atoms with Crippen molar-refractivity contribution in [1.82, 2.24) is 5.32 Å². The van der Waals surface area contributed by atoms with E-state index in [1.807, 2.05) is 31.4 Å². The first-order valence-corrected chi connectivity index (χ1v) is 8.18. The van der Waals surface area contributed by atoms with Crippen LogP contribution in [0.3, 0.4) is 0 Å². The van der Waals surface area contributed by atoms with Gasteiger partial charge in [0.25, 0.3) is 0 Å². The minimum atomic E-state index is -0.665. The molecule has 1 aliphatic rings. The molecule has 0 saturated heterocycles. The molecule has 0 spiro atoms. The Morgan fingerprint density at radius 1 is 1.47 bits per heavy atom. The number of hydrogen-bond donors (Lipinski definition) is 2. The highest BCUT2D eigenvalue weighted by atomic mass is 32.2. The summed E-state index contributed by atoms with van der Waals surface area (Å²) < 4.78 is 5.75. The lowest BCUT2D eigenvalue weighted by atomic mass is 10.0. The number of thioether (sulfide) groups is 1. The predicted octanol–water partition coefficient (Wildman–Crippen LogP) is 2.60. The molecule has 0 saturated carbocycles. The molecule has 2 N–H and O–H groups in total. The minimum absolute atomic E-state index is 0.270. The van der Waals surface area contributed by atoms with E-state index in [-0.39, 0.29) is 6.04 Å². The predicted molar refractivity (Wildman–Crippen MR) is 80.9 cm³/mol. The second kappa shape index (κ2) is 6.64. The lowest BCUT2D eigenvalue weighted by Gasteiger charge is -2.26. The third-order valence-electron chi connectivity index (χ3n) is 3.37. The summed E-state index contributed by atoms with van der Waals surface area (Å²) in [5.41, 5.74) is 0.543. The number of para-hydroxylation sites is 1. The fourth-order valence-corrected chi connectivity index (χ4v) is 3.17. The van der Waals surface area contributed by atoms with Gasteiger partial charge in [-0.1, -0.05) is 18.2 Å². The van der Waals surface area contributed by atoms with Crippen LogP contribution < -0.4 is 10.1 Å². The summed E-state index contributed by atoms with van der Waals surface area (Å²) in [7, 11) is 0. The van der Waals surface area contributed by atoms with Crippen LogP contribution in [-0.2, 0) is 0 Å². The molecule has 1 aromatic carbocycles. The molecular weight excluding hydrogens is 258 g/mol. The molecule has 3 nitrogen and oxygen atoms in total. The Morgan fingerprint density at radius 3 is 3.05 bits per heavy atom. The Hall–Kier alpha value is -0.710. The fourth-order valence-electron chi connectivity index (χ4n) is 2.44. The highest BCUT2D eigenvalue weighted by Crippen LogP contribution is 2.31. The molecule has 2 unspecified atom stereocenters. The molecule has 0 aliphatic carbocycles. The van der Waals surface area contributed by atoms with Crippen molar-refractivity contribution in [2.75, 3.05) is 25.2 Å². The van der Waals surface area contributed by atoms with Gasteiger partial charge in [-0.3, -0.25) is 0 Å². The maximum absolute atomic E-state index is 10.2. The van der Waals surface area contributed by atoms with Crippen LogP contribution in [0.2, 0.25) is 0 Å². The molecule has 106 valence electrons. The highest BCUT2D eigenvalue weighted by Gasteiger charge is 2.24. The van der Waals surface area contributed by atoms with Gasteiger partial charge in [-0.15, -0.1) is 0 Å². The van der Waals surface area contributed by atoms with E-state index in [1.54, 1.807) is 11.8 Å². The van der Waals surface area contributed by atoms with Gasteiger partial charge < -0.3 is 15.2 Å². The third kappa shape index (κ3) is 4.13. The zero-order valence-corrected chi connectivity index (χ0v) is 12.5. The second-order valence-electron chi connectivity index (χ2n) is 5.39. The molecule has 2 rings (SSSR count). The van der Waals surface area contributed by atoms with E-state index in [0.717, 1.165) is 31.0 Å². The van der Waals surface area contributed by atoms with Gasteiger partial charge in [-0.25, -0.2) is 0 Å². The molecule has 0 fully saturated rings. The van der Waals surface area contributed by atoms with Gasteiger partial charge in [0.15, 0.2) is 0 Å². The quantitative estimate of drug-likeness (QED) is 0.870. The van der Waals surface area contributed by atoms with E-state index < -0.39 is 5.60 Å². The third-order valence-corrected chi connectivity index (χ3v) is 4.28. The second-order valence-corrected chi connectivity index (χ2v) is 6.26. The zero-order chi connectivity index (χ0) is 13.7. The summed E-state index contributed by atoms with van der Waals surface area (Å²) in [6, 6.07) is 8.46. The summed E-state index contributed by atoms with van der Waals surface area (Å²) >= 11 is 1.67. The average Bonchev–Trinajstić information content (AvgIpc) is 2.58. The standard InChI is InChI=1S/C15H23NO2S/c1-15(17,11-19-2)10-16-13-7-5-9-18-14-8-4-3-6-12(13)14/h3-4,6,8,13,16-17H,5,7,9-11H2,1-2H3. The molecule has 0 amide bonds. The van der Waals surface area contributed by atoms with Gasteiger partial charge in [-0.2, -0.15) is 11.8 Å². The first kappa shape index (κ1) is 14.7. The van der Waals surface area contributed by atoms with Crippen LogP contribution in [0, 0.1) is 0 Å². The van der Waals surface area contributed by atoms with Crippen molar-refractivity contribution in [2.45, 2.75) is 31.4 Å². The number of aliphatic hydroxyl groups is 1. The number of benzene rings is 1. The van der Waals surface area contributed by atoms with Crippen molar-refractivity contribution in [3.63, 3.8) is 0 Å². The van der Waals surface area contributed by atoms with Crippen molar-refractivity contribution in [1.29, 1.82) is 0 Å². The molecular formula is C15H23NO2S. The summed E-state index contributed by atoms with van der Waals surface area (Å²) in [6.07, 6.45) is 4.10. The largest absolute Gasteiger partial charge is 0.493 e. The van der Waals surface area contributed by atoms with Crippen LogP contribution in [0.25, 0.3) is 0 Å². The van der Waals surface area contributed by atoms with Crippen LogP contribution in [-0.4, -0.2) is 35.9 Å². The van der Waals surface area contributed by atoms with Gasteiger partial charge >= 0.3 is 0 Å². The number of ether oxygens (including phenoxy) is 1. The molecule has 19 heavy (non-hydrogen) atoms. The molecule has 1 aliphatic heterocycles. The van der Waals surface area contributed by atoms with Crippen LogP contribution in [0.4, 0.5) is 0 Å². The maximum Gasteiger partial charge on any atom is 0.124 e. The van der Waals surface area contributed by atoms with Crippen molar-refractivity contribution in [2.24, 2.45) is 0 Å². The van der Waals surface area contributed by atoms with Crippen molar-refractivity contribution < 1.29 is 9.84 Å². The molecule has 2 atom stereocenters. The number of hydrogen-bond acceptors (Lipinski definition) is 4. The van der Waals surface area contributed by atoms with E-state index >= 15 is 0 Å². The van der Waals surface area contributed by atoms with Gasteiger partial charge in [0.05, 0.1) is 12.2 Å². The Kier molecular flexibility index (Phi) is 5.13. The zero-order valence-electron chi connectivity index (χ0n) is 11.7. The first-order chi connectivity index (χ1) is 9.12. The van der Waals surface area contributed by atoms with Gasteiger partial charge in [0.1, 0.15) is 5.75 Å². The van der Waals surface area contributed by atoms with Crippen LogP contribution in [0.5, 0.6) is 5.75 Å². The van der Waals surface area contributed by atoms with Crippen molar-refractivity contribution >= 4 is 11.8 Å². The summed E-state index contributed by atoms with van der Waals surface area (Å²) in [5, 5.41) is 13.7. The van der Waals surface area contributed by atoms with Crippen LogP contribution in [0.15, 0.2) is 24.3 Å². The monoisotopic (exact) mass is 281 g/mol.